The summed E-state index contributed by atoms with van der Waals surface area (Å²) in [5, 5.41) is 0. The molecule has 14 heavy (non-hydrogen) atoms. The molecule has 1 atom stereocenters. The summed E-state index contributed by atoms with van der Waals surface area (Å²) in [5.41, 5.74) is 0.677. The predicted octanol–water partition coefficient (Wildman–Crippen LogP) is 1.56. The lowest BCUT2D eigenvalue weighted by molar-refractivity contribution is -0.134. The summed E-state index contributed by atoms with van der Waals surface area (Å²) in [4.78, 5) is 23.7. The first-order chi connectivity index (χ1) is 6.70. The van der Waals surface area contributed by atoms with Gasteiger partial charge in [-0.2, -0.15) is 0 Å². The van der Waals surface area contributed by atoms with E-state index in [4.69, 9.17) is 0 Å². The monoisotopic (exact) mass is 191 g/mol. The molecule has 1 aromatic carbocycles. The standard InChI is InChI=1S/C10H9NO3/c1-7-9(12)14-10(13)11(7)8-5-3-2-4-6-8/h2-7H,1H3. The van der Waals surface area contributed by atoms with Crippen LogP contribution in [0.25, 0.3) is 0 Å². The van der Waals surface area contributed by atoms with Gasteiger partial charge in [-0.15, -0.1) is 0 Å². The Morgan fingerprint density at radius 3 is 2.36 bits per heavy atom. The third kappa shape index (κ3) is 1.25. The first-order valence-corrected chi connectivity index (χ1v) is 4.30. The molecule has 0 aliphatic carbocycles. The van der Waals surface area contributed by atoms with Gasteiger partial charge >= 0.3 is 12.1 Å². The number of para-hydroxylation sites is 1. The van der Waals surface area contributed by atoms with Gasteiger partial charge in [0.05, 0.1) is 0 Å². The first kappa shape index (κ1) is 8.74. The van der Waals surface area contributed by atoms with Crippen molar-refractivity contribution >= 4 is 17.7 Å². The molecule has 1 aromatic rings. The van der Waals surface area contributed by atoms with Gasteiger partial charge in [0.1, 0.15) is 6.04 Å². The van der Waals surface area contributed by atoms with E-state index in [-0.39, 0.29) is 0 Å². The van der Waals surface area contributed by atoms with E-state index in [0.29, 0.717) is 5.69 Å². The van der Waals surface area contributed by atoms with Gasteiger partial charge in [0.25, 0.3) is 0 Å². The van der Waals surface area contributed by atoms with Crippen molar-refractivity contribution in [3.8, 4) is 0 Å². The SMILES string of the molecule is CC1C(=O)OC(=O)N1c1ccccc1. The molecule has 1 saturated heterocycles. The molecule has 0 spiro atoms. The van der Waals surface area contributed by atoms with Crippen LogP contribution in [0.1, 0.15) is 6.92 Å². The third-order valence-electron chi connectivity index (χ3n) is 2.15. The van der Waals surface area contributed by atoms with E-state index in [2.05, 4.69) is 4.74 Å². The highest BCUT2D eigenvalue weighted by molar-refractivity contribution is 6.06. The Labute approximate surface area is 81.1 Å². The Morgan fingerprint density at radius 1 is 1.21 bits per heavy atom. The number of ether oxygens (including phenoxy) is 1. The van der Waals surface area contributed by atoms with E-state index in [1.165, 1.54) is 4.90 Å². The molecule has 4 heteroatoms. The first-order valence-electron chi connectivity index (χ1n) is 4.30. The summed E-state index contributed by atoms with van der Waals surface area (Å²) in [5.74, 6) is -0.501. The third-order valence-corrected chi connectivity index (χ3v) is 2.15. The van der Waals surface area contributed by atoms with Crippen molar-refractivity contribution in [1.29, 1.82) is 0 Å². The number of nitrogens with zero attached hydrogens (tertiary/aromatic N) is 1. The highest BCUT2D eigenvalue weighted by atomic mass is 16.6. The molecule has 0 bridgehead atoms. The molecule has 4 nitrogen and oxygen atoms in total. The fraction of sp³-hybridized carbons (Fsp3) is 0.200. The van der Waals surface area contributed by atoms with Gasteiger partial charge in [-0.05, 0) is 19.1 Å². The van der Waals surface area contributed by atoms with E-state index in [9.17, 15) is 9.59 Å². The van der Waals surface area contributed by atoms with Gasteiger partial charge in [0.15, 0.2) is 0 Å². The molecule has 1 unspecified atom stereocenters. The molecule has 0 saturated carbocycles. The molecule has 1 aliphatic heterocycles. The zero-order valence-corrected chi connectivity index (χ0v) is 7.64. The molecular weight excluding hydrogens is 182 g/mol. The van der Waals surface area contributed by atoms with Gasteiger partial charge in [0.2, 0.25) is 0 Å². The van der Waals surface area contributed by atoms with Crippen molar-refractivity contribution in [1.82, 2.24) is 0 Å². The minimum absolute atomic E-state index is 0.501. The molecule has 0 radical (unpaired) electrons. The summed E-state index contributed by atoms with van der Waals surface area (Å²) in [6.07, 6.45) is -0.603. The smallest absolute Gasteiger partial charge is 0.374 e. The van der Waals surface area contributed by atoms with Gasteiger partial charge in [-0.25, -0.2) is 9.59 Å². The topological polar surface area (TPSA) is 46.6 Å². The Hall–Kier alpha value is -1.84. The Bertz CT molecular complexity index is 374. The number of cyclic esters (lactones) is 2. The number of esters is 1. The summed E-state index contributed by atoms with van der Waals surface area (Å²) in [7, 11) is 0. The van der Waals surface area contributed by atoms with Crippen LogP contribution in [0, 0.1) is 0 Å². The number of hydrogen-bond acceptors (Lipinski definition) is 3. The highest BCUT2D eigenvalue weighted by Crippen LogP contribution is 2.22. The molecule has 1 fully saturated rings. The number of carbonyl (C=O) groups is 2. The molecule has 2 rings (SSSR count). The van der Waals surface area contributed by atoms with Crippen molar-refractivity contribution < 1.29 is 14.3 Å². The van der Waals surface area contributed by atoms with Gasteiger partial charge in [-0.3, -0.25) is 4.90 Å². The summed E-state index contributed by atoms with van der Waals surface area (Å²) in [6, 6.07) is 8.44. The van der Waals surface area contributed by atoms with Crippen LogP contribution in [-0.4, -0.2) is 18.1 Å². The normalized spacial score (nSPS) is 21.2. The van der Waals surface area contributed by atoms with Crippen molar-refractivity contribution in [2.24, 2.45) is 0 Å². The second kappa shape index (κ2) is 3.14. The van der Waals surface area contributed by atoms with Crippen LogP contribution in [0.15, 0.2) is 30.3 Å². The van der Waals surface area contributed by atoms with Gasteiger partial charge in [0, 0.05) is 5.69 Å². The molecule has 0 aromatic heterocycles. The fourth-order valence-corrected chi connectivity index (χ4v) is 1.40. The number of hydrogen-bond donors (Lipinski definition) is 0. The van der Waals surface area contributed by atoms with Crippen LogP contribution >= 0.6 is 0 Å². The van der Waals surface area contributed by atoms with Crippen LogP contribution in [-0.2, 0) is 9.53 Å². The molecular formula is C10H9NO3. The number of anilines is 1. The Kier molecular flexibility index (Phi) is 1.96. The summed E-state index contributed by atoms with van der Waals surface area (Å²) in [6.45, 7) is 1.64. The van der Waals surface area contributed by atoms with Gasteiger partial charge < -0.3 is 4.74 Å². The molecule has 1 heterocycles. The zero-order chi connectivity index (χ0) is 10.1. The largest absolute Gasteiger partial charge is 0.422 e. The number of carbonyl (C=O) groups excluding carboxylic acids is 2. The second-order valence-corrected chi connectivity index (χ2v) is 3.07. The average molecular weight is 191 g/mol. The van der Waals surface area contributed by atoms with E-state index in [0.717, 1.165) is 0 Å². The minimum Gasteiger partial charge on any atom is -0.374 e. The fourth-order valence-electron chi connectivity index (χ4n) is 1.40. The lowest BCUT2D eigenvalue weighted by Gasteiger charge is -2.15. The van der Waals surface area contributed by atoms with Gasteiger partial charge in [-0.1, -0.05) is 18.2 Å². The lowest BCUT2D eigenvalue weighted by atomic mass is 10.2. The quantitative estimate of drug-likeness (QED) is 0.500. The minimum atomic E-state index is -0.603. The van der Waals surface area contributed by atoms with Crippen LogP contribution in [0.4, 0.5) is 10.5 Å². The summed E-state index contributed by atoms with van der Waals surface area (Å²) >= 11 is 0. The van der Waals surface area contributed by atoms with Crippen LogP contribution in [0.3, 0.4) is 0 Å². The molecule has 72 valence electrons. The predicted molar refractivity (Wildman–Crippen MR) is 49.9 cm³/mol. The van der Waals surface area contributed by atoms with E-state index in [1.807, 2.05) is 6.07 Å². The van der Waals surface area contributed by atoms with Crippen molar-refractivity contribution in [2.45, 2.75) is 13.0 Å². The van der Waals surface area contributed by atoms with Crippen LogP contribution in [0.5, 0.6) is 0 Å². The van der Waals surface area contributed by atoms with Crippen LogP contribution < -0.4 is 4.90 Å². The van der Waals surface area contributed by atoms with Crippen LogP contribution in [0.2, 0.25) is 0 Å². The maximum atomic E-state index is 11.3. The van der Waals surface area contributed by atoms with Crippen molar-refractivity contribution in [3.63, 3.8) is 0 Å². The Balaban J connectivity index is 2.36. The zero-order valence-electron chi connectivity index (χ0n) is 7.64. The summed E-state index contributed by atoms with van der Waals surface area (Å²) < 4.78 is 4.49. The number of rotatable bonds is 1. The molecule has 1 aliphatic rings. The average Bonchev–Trinajstić information content (AvgIpc) is 2.43. The van der Waals surface area contributed by atoms with E-state index in [1.54, 1.807) is 31.2 Å². The second-order valence-electron chi connectivity index (χ2n) is 3.07. The Morgan fingerprint density at radius 2 is 1.86 bits per heavy atom. The maximum absolute atomic E-state index is 11.3. The molecule has 1 amide bonds. The molecule has 0 N–H and O–H groups in total. The van der Waals surface area contributed by atoms with E-state index >= 15 is 0 Å². The maximum Gasteiger partial charge on any atom is 0.422 e. The van der Waals surface area contributed by atoms with E-state index < -0.39 is 18.1 Å². The van der Waals surface area contributed by atoms with Crippen molar-refractivity contribution in [2.75, 3.05) is 4.90 Å². The lowest BCUT2D eigenvalue weighted by Crippen LogP contribution is -2.32. The highest BCUT2D eigenvalue weighted by Gasteiger charge is 2.38. The number of amides is 1. The van der Waals surface area contributed by atoms with Crippen molar-refractivity contribution in [3.05, 3.63) is 30.3 Å². The number of benzene rings is 1.